The van der Waals surface area contributed by atoms with E-state index in [4.69, 9.17) is 4.98 Å². The summed E-state index contributed by atoms with van der Waals surface area (Å²) in [6, 6.07) is 52.2. The summed E-state index contributed by atoms with van der Waals surface area (Å²) in [5.41, 5.74) is 9.20. The number of benzene rings is 6. The Labute approximate surface area is 242 Å². The fourth-order valence-corrected chi connectivity index (χ4v) is 6.69. The Balaban J connectivity index is 1.32. The topological polar surface area (TPSA) is 22.8 Å². The number of pyridine rings is 1. The Morgan fingerprint density at radius 1 is 0.429 bits per heavy atom. The lowest BCUT2D eigenvalue weighted by Gasteiger charge is -2.10. The van der Waals surface area contributed by atoms with E-state index < -0.39 is 0 Å². The van der Waals surface area contributed by atoms with Crippen LogP contribution in [0.25, 0.3) is 77.0 Å². The molecule has 0 aliphatic carbocycles. The molecule has 196 valence electrons. The second kappa shape index (κ2) is 8.92. The van der Waals surface area contributed by atoms with Crippen LogP contribution in [0.15, 0.2) is 152 Å². The third kappa shape index (κ3) is 3.31. The first kappa shape index (κ1) is 23.1. The molecule has 0 amide bonds. The average molecular weight is 536 g/mol. The normalized spacial score (nSPS) is 11.8. The lowest BCUT2D eigenvalue weighted by Crippen LogP contribution is -1.95. The van der Waals surface area contributed by atoms with E-state index in [1.165, 1.54) is 60.2 Å². The molecule has 42 heavy (non-hydrogen) atoms. The molecule has 0 saturated carbocycles. The van der Waals surface area contributed by atoms with E-state index in [0.717, 1.165) is 16.9 Å². The fourth-order valence-electron chi connectivity index (χ4n) is 6.69. The number of para-hydroxylation sites is 3. The van der Waals surface area contributed by atoms with E-state index in [1.807, 2.05) is 6.20 Å². The molecule has 3 heterocycles. The van der Waals surface area contributed by atoms with Crippen LogP contribution < -0.4 is 0 Å². The fraction of sp³-hybridized carbons (Fsp3) is 0. The second-order valence-electron chi connectivity index (χ2n) is 10.9. The van der Waals surface area contributed by atoms with Crippen molar-refractivity contribution in [1.82, 2.24) is 14.1 Å². The number of hydrogen-bond donors (Lipinski definition) is 0. The minimum Gasteiger partial charge on any atom is -0.309 e. The molecule has 0 radical (unpaired) electrons. The van der Waals surface area contributed by atoms with Gasteiger partial charge in [0.25, 0.3) is 0 Å². The Kier molecular flexibility index (Phi) is 4.90. The van der Waals surface area contributed by atoms with Gasteiger partial charge in [0.15, 0.2) is 0 Å². The van der Waals surface area contributed by atoms with Crippen LogP contribution in [0.2, 0.25) is 0 Å². The molecule has 0 aliphatic rings. The summed E-state index contributed by atoms with van der Waals surface area (Å²) >= 11 is 0. The lowest BCUT2D eigenvalue weighted by atomic mass is 9.99. The van der Waals surface area contributed by atoms with Crippen molar-refractivity contribution in [1.29, 1.82) is 0 Å². The zero-order valence-electron chi connectivity index (χ0n) is 22.8. The van der Waals surface area contributed by atoms with Crippen molar-refractivity contribution >= 4 is 54.5 Å². The van der Waals surface area contributed by atoms with Gasteiger partial charge in [0, 0.05) is 39.1 Å². The van der Waals surface area contributed by atoms with E-state index >= 15 is 0 Å². The maximum atomic E-state index is 4.92. The summed E-state index contributed by atoms with van der Waals surface area (Å²) in [7, 11) is 0. The maximum Gasteiger partial charge on any atom is 0.146 e. The highest BCUT2D eigenvalue weighted by atomic mass is 15.0. The van der Waals surface area contributed by atoms with Crippen LogP contribution in [0.5, 0.6) is 0 Å². The van der Waals surface area contributed by atoms with E-state index in [1.54, 1.807) is 0 Å². The summed E-state index contributed by atoms with van der Waals surface area (Å²) in [4.78, 5) is 4.92. The van der Waals surface area contributed by atoms with Crippen LogP contribution in [-0.4, -0.2) is 14.1 Å². The van der Waals surface area contributed by atoms with Gasteiger partial charge in [0.2, 0.25) is 0 Å². The lowest BCUT2D eigenvalue weighted by molar-refractivity contribution is 1.14. The van der Waals surface area contributed by atoms with Crippen LogP contribution in [-0.2, 0) is 0 Å². The Morgan fingerprint density at radius 3 is 1.98 bits per heavy atom. The van der Waals surface area contributed by atoms with Crippen molar-refractivity contribution < 1.29 is 0 Å². The molecule has 0 aliphatic heterocycles. The third-order valence-corrected chi connectivity index (χ3v) is 8.55. The zero-order chi connectivity index (χ0) is 27.6. The first-order valence-electron chi connectivity index (χ1n) is 14.3. The molecule has 0 N–H and O–H groups in total. The molecule has 0 fully saturated rings. The van der Waals surface area contributed by atoms with Crippen molar-refractivity contribution in [3.63, 3.8) is 0 Å². The third-order valence-electron chi connectivity index (χ3n) is 8.55. The average Bonchev–Trinajstić information content (AvgIpc) is 3.58. The standard InChI is InChI=1S/C39H25N3/c1-2-12-29(13-3-1)42-36-17-9-7-15-33(36)38-31(22-23-40-39(38)42)28-19-21-37-34(25-28)32-14-6-8-16-35(32)41(37)30-20-18-26-10-4-5-11-27(26)24-30/h1-25H. The summed E-state index contributed by atoms with van der Waals surface area (Å²) in [5.74, 6) is 0. The molecule has 3 heteroatoms. The van der Waals surface area contributed by atoms with Gasteiger partial charge in [-0.3, -0.25) is 4.57 Å². The summed E-state index contributed by atoms with van der Waals surface area (Å²) in [6.07, 6.45) is 1.94. The van der Waals surface area contributed by atoms with Crippen molar-refractivity contribution in [3.05, 3.63) is 152 Å². The van der Waals surface area contributed by atoms with Crippen LogP contribution in [0, 0.1) is 0 Å². The van der Waals surface area contributed by atoms with Gasteiger partial charge in [0.1, 0.15) is 5.65 Å². The SMILES string of the molecule is c1ccc(-n2c3ccccc3c3c(-c4ccc5c(c4)c4ccccc4n5-c4ccc5ccccc5c4)ccnc32)cc1. The quantitative estimate of drug-likeness (QED) is 0.221. The van der Waals surface area contributed by atoms with Crippen LogP contribution in [0.1, 0.15) is 0 Å². The number of fused-ring (bicyclic) bond motifs is 7. The van der Waals surface area contributed by atoms with Crippen molar-refractivity contribution in [2.75, 3.05) is 0 Å². The van der Waals surface area contributed by atoms with Crippen molar-refractivity contribution in [2.24, 2.45) is 0 Å². The Bertz CT molecular complexity index is 2460. The molecule has 6 aromatic carbocycles. The van der Waals surface area contributed by atoms with E-state index in [0.29, 0.717) is 0 Å². The highest BCUT2D eigenvalue weighted by molar-refractivity contribution is 6.16. The predicted octanol–water partition coefficient (Wildman–Crippen LogP) is 10.1. The first-order chi connectivity index (χ1) is 20.8. The molecular weight excluding hydrogens is 510 g/mol. The van der Waals surface area contributed by atoms with Crippen LogP contribution >= 0.6 is 0 Å². The van der Waals surface area contributed by atoms with Gasteiger partial charge in [-0.05, 0) is 76.5 Å². The molecule has 0 spiro atoms. The molecule has 0 unspecified atom stereocenters. The Hall–Kier alpha value is -5.67. The number of aromatic nitrogens is 3. The number of nitrogens with zero attached hydrogens (tertiary/aromatic N) is 3. The smallest absolute Gasteiger partial charge is 0.146 e. The molecule has 0 atom stereocenters. The van der Waals surface area contributed by atoms with Gasteiger partial charge in [0.05, 0.1) is 16.6 Å². The van der Waals surface area contributed by atoms with Gasteiger partial charge >= 0.3 is 0 Å². The van der Waals surface area contributed by atoms with Gasteiger partial charge < -0.3 is 4.57 Å². The number of hydrogen-bond acceptors (Lipinski definition) is 1. The summed E-state index contributed by atoms with van der Waals surface area (Å²) in [5, 5.41) is 7.37. The molecule has 9 aromatic rings. The molecule has 0 saturated heterocycles. The largest absolute Gasteiger partial charge is 0.309 e. The van der Waals surface area contributed by atoms with Crippen molar-refractivity contribution in [3.8, 4) is 22.5 Å². The van der Waals surface area contributed by atoms with Gasteiger partial charge in [-0.1, -0.05) is 91.0 Å². The summed E-state index contributed by atoms with van der Waals surface area (Å²) < 4.78 is 4.67. The minimum atomic E-state index is 0.971. The first-order valence-corrected chi connectivity index (χ1v) is 14.3. The highest BCUT2D eigenvalue weighted by Gasteiger charge is 2.18. The minimum absolute atomic E-state index is 0.971. The van der Waals surface area contributed by atoms with Crippen molar-refractivity contribution in [2.45, 2.75) is 0 Å². The monoisotopic (exact) mass is 535 g/mol. The van der Waals surface area contributed by atoms with Gasteiger partial charge in [-0.15, -0.1) is 0 Å². The maximum absolute atomic E-state index is 4.92. The zero-order valence-corrected chi connectivity index (χ0v) is 22.8. The van der Waals surface area contributed by atoms with Crippen LogP contribution in [0.4, 0.5) is 0 Å². The molecular formula is C39H25N3. The molecule has 0 bridgehead atoms. The van der Waals surface area contributed by atoms with E-state index in [9.17, 15) is 0 Å². The Morgan fingerprint density at radius 2 is 1.12 bits per heavy atom. The molecule has 3 aromatic heterocycles. The van der Waals surface area contributed by atoms with E-state index in [2.05, 4.69) is 155 Å². The highest BCUT2D eigenvalue weighted by Crippen LogP contribution is 2.40. The predicted molar refractivity (Wildman–Crippen MR) is 176 cm³/mol. The van der Waals surface area contributed by atoms with Gasteiger partial charge in [-0.25, -0.2) is 4.98 Å². The number of rotatable bonds is 3. The van der Waals surface area contributed by atoms with E-state index in [-0.39, 0.29) is 0 Å². The summed E-state index contributed by atoms with van der Waals surface area (Å²) in [6.45, 7) is 0. The second-order valence-corrected chi connectivity index (χ2v) is 10.9. The molecule has 3 nitrogen and oxygen atoms in total. The van der Waals surface area contributed by atoms with Crippen LogP contribution in [0.3, 0.4) is 0 Å². The molecule has 9 rings (SSSR count). The van der Waals surface area contributed by atoms with Gasteiger partial charge in [-0.2, -0.15) is 0 Å².